The van der Waals surface area contributed by atoms with E-state index in [1.165, 1.54) is 16.7 Å². The minimum atomic E-state index is 0.423. The van der Waals surface area contributed by atoms with Gasteiger partial charge in [0.25, 0.3) is 0 Å². The molecule has 4 rings (SSSR count). The Morgan fingerprint density at radius 2 is 1.71 bits per heavy atom. The number of benzene rings is 3. The smallest absolute Gasteiger partial charge is 0.0995 e. The third kappa shape index (κ3) is 5.36. The van der Waals surface area contributed by atoms with Crippen LogP contribution in [0.1, 0.15) is 29.7 Å². The summed E-state index contributed by atoms with van der Waals surface area (Å²) < 4.78 is 6.14. The van der Waals surface area contributed by atoms with Crippen LogP contribution in [0.5, 0.6) is 0 Å². The summed E-state index contributed by atoms with van der Waals surface area (Å²) in [6.45, 7) is 9.75. The molecule has 0 aliphatic carbocycles. The highest BCUT2D eigenvalue weighted by molar-refractivity contribution is 6.33. The molecule has 0 aromatic heterocycles. The molecule has 3 nitrogen and oxygen atoms in total. The Morgan fingerprint density at radius 3 is 2.48 bits per heavy atom. The zero-order valence-electron chi connectivity index (χ0n) is 18.4. The lowest BCUT2D eigenvalue weighted by atomic mass is 9.99. The standard InChI is InChI=1S/C27H31ClN2O/c1-3-30-16-15-29(18-27(30)23-10-5-4-6-11-23)20-31-19-22-13-14-26(28)25(17-22)24-12-8-7-9-21(24)2/h4-14,17,27H,3,15-16,18-20H2,1-2H3. The predicted molar refractivity (Wildman–Crippen MR) is 129 cm³/mol. The largest absolute Gasteiger partial charge is 0.361 e. The van der Waals surface area contributed by atoms with Gasteiger partial charge >= 0.3 is 0 Å². The van der Waals surface area contributed by atoms with Crippen molar-refractivity contribution < 1.29 is 4.74 Å². The van der Waals surface area contributed by atoms with Gasteiger partial charge in [-0.3, -0.25) is 9.80 Å². The molecule has 0 spiro atoms. The number of piperazine rings is 1. The first-order valence-corrected chi connectivity index (χ1v) is 11.5. The molecule has 1 fully saturated rings. The number of ether oxygens (including phenoxy) is 1. The van der Waals surface area contributed by atoms with Crippen LogP contribution < -0.4 is 0 Å². The summed E-state index contributed by atoms with van der Waals surface area (Å²) in [7, 11) is 0. The molecule has 0 saturated carbocycles. The van der Waals surface area contributed by atoms with Crippen molar-refractivity contribution >= 4 is 11.6 Å². The lowest BCUT2D eigenvalue weighted by Gasteiger charge is -2.41. The minimum absolute atomic E-state index is 0.423. The Bertz CT molecular complexity index is 992. The van der Waals surface area contributed by atoms with E-state index < -0.39 is 0 Å². The SMILES string of the molecule is CCN1CCN(COCc2ccc(Cl)c(-c3ccccc3C)c2)CC1c1ccccc1. The van der Waals surface area contributed by atoms with E-state index >= 15 is 0 Å². The number of hydrogen-bond donors (Lipinski definition) is 0. The lowest BCUT2D eigenvalue weighted by Crippen LogP contribution is -2.48. The maximum absolute atomic E-state index is 6.51. The van der Waals surface area contributed by atoms with E-state index in [4.69, 9.17) is 16.3 Å². The van der Waals surface area contributed by atoms with Gasteiger partial charge in [0, 0.05) is 36.3 Å². The topological polar surface area (TPSA) is 15.7 Å². The lowest BCUT2D eigenvalue weighted by molar-refractivity contribution is -0.0237. The second-order valence-corrected chi connectivity index (χ2v) is 8.65. The Kier molecular flexibility index (Phi) is 7.41. The van der Waals surface area contributed by atoms with Crippen molar-refractivity contribution in [2.75, 3.05) is 32.9 Å². The van der Waals surface area contributed by atoms with E-state index in [2.05, 4.69) is 90.4 Å². The van der Waals surface area contributed by atoms with Crippen LogP contribution in [0.2, 0.25) is 5.02 Å². The van der Waals surface area contributed by atoms with Gasteiger partial charge in [0.15, 0.2) is 0 Å². The van der Waals surface area contributed by atoms with Crippen LogP contribution in [0.15, 0.2) is 72.8 Å². The Balaban J connectivity index is 1.38. The summed E-state index contributed by atoms with van der Waals surface area (Å²) in [6.07, 6.45) is 0. The number of halogens is 1. The highest BCUT2D eigenvalue weighted by atomic mass is 35.5. The highest BCUT2D eigenvalue weighted by Crippen LogP contribution is 2.31. The Labute approximate surface area is 191 Å². The van der Waals surface area contributed by atoms with E-state index in [-0.39, 0.29) is 0 Å². The Hall–Kier alpha value is -2.17. The molecule has 1 atom stereocenters. The maximum Gasteiger partial charge on any atom is 0.0995 e. The average Bonchev–Trinajstić information content (AvgIpc) is 2.81. The van der Waals surface area contributed by atoms with E-state index in [0.29, 0.717) is 19.4 Å². The van der Waals surface area contributed by atoms with Crippen LogP contribution >= 0.6 is 11.6 Å². The molecule has 4 heteroatoms. The molecular formula is C27H31ClN2O. The van der Waals surface area contributed by atoms with Crippen LogP contribution in [-0.2, 0) is 11.3 Å². The molecule has 1 aliphatic rings. The fraction of sp³-hybridized carbons (Fsp3) is 0.333. The molecule has 3 aromatic carbocycles. The fourth-order valence-corrected chi connectivity index (χ4v) is 4.62. The fourth-order valence-electron chi connectivity index (χ4n) is 4.40. The zero-order chi connectivity index (χ0) is 21.6. The molecule has 1 saturated heterocycles. The van der Waals surface area contributed by atoms with Gasteiger partial charge in [0.05, 0.1) is 13.3 Å². The first-order valence-electron chi connectivity index (χ1n) is 11.1. The van der Waals surface area contributed by atoms with Gasteiger partial charge in [-0.15, -0.1) is 0 Å². The summed E-state index contributed by atoms with van der Waals surface area (Å²) in [5.41, 5.74) is 6.00. The molecule has 0 radical (unpaired) electrons. The van der Waals surface area contributed by atoms with Crippen molar-refractivity contribution in [1.82, 2.24) is 9.80 Å². The van der Waals surface area contributed by atoms with Crippen LogP contribution in [-0.4, -0.2) is 42.7 Å². The molecule has 0 amide bonds. The molecule has 0 N–H and O–H groups in total. The number of hydrogen-bond acceptors (Lipinski definition) is 3. The van der Waals surface area contributed by atoms with Crippen molar-refractivity contribution in [3.8, 4) is 11.1 Å². The molecular weight excluding hydrogens is 404 g/mol. The molecule has 3 aromatic rings. The second-order valence-electron chi connectivity index (χ2n) is 8.24. The second kappa shape index (κ2) is 10.4. The van der Waals surface area contributed by atoms with Crippen LogP contribution in [0.3, 0.4) is 0 Å². The summed E-state index contributed by atoms with van der Waals surface area (Å²) in [5.74, 6) is 0. The first kappa shape index (κ1) is 22.0. The van der Waals surface area contributed by atoms with Gasteiger partial charge in [-0.2, -0.15) is 0 Å². The normalized spacial score (nSPS) is 17.7. The number of likely N-dealkylation sites (N-methyl/N-ethyl adjacent to an activating group) is 1. The molecule has 1 unspecified atom stereocenters. The minimum Gasteiger partial charge on any atom is -0.361 e. The van der Waals surface area contributed by atoms with Gasteiger partial charge in [0.2, 0.25) is 0 Å². The third-order valence-corrected chi connectivity index (χ3v) is 6.50. The van der Waals surface area contributed by atoms with Crippen molar-refractivity contribution in [2.24, 2.45) is 0 Å². The van der Waals surface area contributed by atoms with E-state index in [1.54, 1.807) is 0 Å². The summed E-state index contributed by atoms with van der Waals surface area (Å²) >= 11 is 6.51. The number of aryl methyl sites for hydroxylation is 1. The zero-order valence-corrected chi connectivity index (χ0v) is 19.2. The van der Waals surface area contributed by atoms with Crippen LogP contribution in [0.4, 0.5) is 0 Å². The monoisotopic (exact) mass is 434 g/mol. The van der Waals surface area contributed by atoms with Crippen molar-refractivity contribution in [3.05, 3.63) is 94.5 Å². The van der Waals surface area contributed by atoms with E-state index in [1.807, 2.05) is 6.07 Å². The van der Waals surface area contributed by atoms with Gasteiger partial charge in [0.1, 0.15) is 0 Å². The summed E-state index contributed by atoms with van der Waals surface area (Å²) in [5, 5.41) is 0.777. The summed E-state index contributed by atoms with van der Waals surface area (Å²) in [4.78, 5) is 4.97. The molecule has 0 bridgehead atoms. The van der Waals surface area contributed by atoms with Gasteiger partial charge in [-0.1, -0.05) is 79.2 Å². The highest BCUT2D eigenvalue weighted by Gasteiger charge is 2.27. The average molecular weight is 435 g/mol. The van der Waals surface area contributed by atoms with E-state index in [9.17, 15) is 0 Å². The predicted octanol–water partition coefficient (Wildman–Crippen LogP) is 6.17. The number of nitrogens with zero attached hydrogens (tertiary/aromatic N) is 2. The molecule has 1 aliphatic heterocycles. The molecule has 1 heterocycles. The van der Waals surface area contributed by atoms with Gasteiger partial charge < -0.3 is 4.74 Å². The van der Waals surface area contributed by atoms with Crippen LogP contribution in [0.25, 0.3) is 11.1 Å². The number of rotatable bonds is 7. The van der Waals surface area contributed by atoms with Crippen molar-refractivity contribution in [2.45, 2.75) is 26.5 Å². The van der Waals surface area contributed by atoms with E-state index in [0.717, 1.165) is 42.3 Å². The van der Waals surface area contributed by atoms with Gasteiger partial charge in [-0.25, -0.2) is 0 Å². The first-order chi connectivity index (χ1) is 15.2. The molecule has 162 valence electrons. The van der Waals surface area contributed by atoms with Crippen molar-refractivity contribution in [3.63, 3.8) is 0 Å². The van der Waals surface area contributed by atoms with Gasteiger partial charge in [-0.05, 0) is 47.9 Å². The van der Waals surface area contributed by atoms with Crippen LogP contribution in [0, 0.1) is 6.92 Å². The van der Waals surface area contributed by atoms with Crippen molar-refractivity contribution in [1.29, 1.82) is 0 Å². The summed E-state index contributed by atoms with van der Waals surface area (Å²) in [6, 6.07) is 25.8. The third-order valence-electron chi connectivity index (χ3n) is 6.17. The quantitative estimate of drug-likeness (QED) is 0.442. The maximum atomic E-state index is 6.51. The Morgan fingerprint density at radius 1 is 0.935 bits per heavy atom. The molecule has 31 heavy (non-hydrogen) atoms.